The van der Waals surface area contributed by atoms with Gasteiger partial charge >= 0.3 is 7.05 Å². The van der Waals surface area contributed by atoms with Crippen molar-refractivity contribution in [2.45, 2.75) is 6.82 Å². The molecule has 12 heavy (non-hydrogen) atoms. The van der Waals surface area contributed by atoms with E-state index in [1.54, 1.807) is 12.1 Å². The highest BCUT2D eigenvalue weighted by atomic mass is 79.9. The molecule has 0 unspecified atom stereocenters. The molecular weight excluding hydrogens is 224 g/mol. The van der Waals surface area contributed by atoms with Crippen molar-refractivity contribution < 1.29 is 9.41 Å². The van der Waals surface area contributed by atoms with Gasteiger partial charge in [0.2, 0.25) is 0 Å². The normalized spacial score (nSPS) is 9.67. The third-order valence-electron chi connectivity index (χ3n) is 1.30. The summed E-state index contributed by atoms with van der Waals surface area (Å²) in [6.45, 7) is 1.53. The molecule has 2 nitrogen and oxygen atoms in total. The van der Waals surface area contributed by atoms with E-state index in [1.807, 2.05) is 0 Å². The van der Waals surface area contributed by atoms with Crippen LogP contribution in [0.5, 0.6) is 0 Å². The maximum atomic E-state index is 13.0. The van der Waals surface area contributed by atoms with Crippen molar-refractivity contribution in [2.24, 2.45) is 0 Å². The Bertz CT molecular complexity index is 282. The summed E-state index contributed by atoms with van der Waals surface area (Å²) < 4.78 is 13.7. The lowest BCUT2D eigenvalue weighted by Gasteiger charge is -2.06. The van der Waals surface area contributed by atoms with Crippen LogP contribution in [0.4, 0.5) is 10.1 Å². The Hall–Kier alpha value is -0.545. The first-order chi connectivity index (χ1) is 5.59. The van der Waals surface area contributed by atoms with E-state index in [1.165, 1.54) is 12.9 Å². The topological polar surface area (TPSA) is 32.3 Å². The van der Waals surface area contributed by atoms with Crippen LogP contribution in [0.15, 0.2) is 22.7 Å². The smallest absolute Gasteiger partial charge is 0.406 e. The largest absolute Gasteiger partial charge is 0.433 e. The van der Waals surface area contributed by atoms with Crippen molar-refractivity contribution in [2.75, 3.05) is 5.23 Å². The number of halogens is 2. The van der Waals surface area contributed by atoms with Crippen LogP contribution < -0.4 is 5.23 Å². The Balaban J connectivity index is 2.86. The number of hydrogen-bond donors (Lipinski definition) is 2. The van der Waals surface area contributed by atoms with Gasteiger partial charge in [0.05, 0.1) is 5.69 Å². The third kappa shape index (κ3) is 2.50. The number of anilines is 1. The summed E-state index contributed by atoms with van der Waals surface area (Å²) in [6, 6.07) is 4.60. The van der Waals surface area contributed by atoms with Gasteiger partial charge in [-0.1, -0.05) is 15.9 Å². The van der Waals surface area contributed by atoms with Crippen LogP contribution >= 0.6 is 15.9 Å². The molecule has 1 aromatic carbocycles. The predicted octanol–water partition coefficient (Wildman–Crippen LogP) is 2.11. The molecule has 64 valence electrons. The second-order valence-electron chi connectivity index (χ2n) is 2.44. The highest BCUT2D eigenvalue weighted by Gasteiger charge is 2.06. The molecule has 0 aliphatic heterocycles. The van der Waals surface area contributed by atoms with E-state index >= 15 is 0 Å². The molecule has 0 bridgehead atoms. The summed E-state index contributed by atoms with van der Waals surface area (Å²) in [7, 11) is -0.749. The molecule has 0 aliphatic rings. The van der Waals surface area contributed by atoms with E-state index in [9.17, 15) is 4.39 Å². The van der Waals surface area contributed by atoms with Crippen molar-refractivity contribution >= 4 is 28.7 Å². The molecule has 0 radical (unpaired) electrons. The van der Waals surface area contributed by atoms with Gasteiger partial charge in [-0.25, -0.2) is 4.39 Å². The van der Waals surface area contributed by atoms with Crippen LogP contribution in [0, 0.1) is 5.82 Å². The minimum Gasteiger partial charge on any atom is -0.433 e. The first-order valence-corrected chi connectivity index (χ1v) is 4.28. The molecular formula is C7H8BBrFNO. The van der Waals surface area contributed by atoms with Crippen molar-refractivity contribution in [3.8, 4) is 0 Å². The lowest BCUT2D eigenvalue weighted by Crippen LogP contribution is -2.20. The number of benzene rings is 1. The second-order valence-corrected chi connectivity index (χ2v) is 3.36. The monoisotopic (exact) mass is 231 g/mol. The van der Waals surface area contributed by atoms with E-state index in [-0.39, 0.29) is 5.82 Å². The van der Waals surface area contributed by atoms with Crippen molar-refractivity contribution in [1.82, 2.24) is 0 Å². The zero-order chi connectivity index (χ0) is 9.14. The number of nitrogens with one attached hydrogen (secondary N) is 1. The summed E-state index contributed by atoms with van der Waals surface area (Å²) in [5.74, 6) is -0.384. The van der Waals surface area contributed by atoms with E-state index in [4.69, 9.17) is 5.02 Å². The zero-order valence-corrected chi connectivity index (χ0v) is 8.10. The highest BCUT2D eigenvalue weighted by molar-refractivity contribution is 9.10. The summed E-state index contributed by atoms with van der Waals surface area (Å²) >= 11 is 3.13. The van der Waals surface area contributed by atoms with Crippen LogP contribution in [-0.4, -0.2) is 12.1 Å². The van der Waals surface area contributed by atoms with Crippen LogP contribution in [0.25, 0.3) is 0 Å². The van der Waals surface area contributed by atoms with Gasteiger partial charge in [-0.15, -0.1) is 0 Å². The molecule has 1 aromatic rings. The average molecular weight is 232 g/mol. The first kappa shape index (κ1) is 9.54. The van der Waals surface area contributed by atoms with Gasteiger partial charge in [0.1, 0.15) is 5.82 Å². The van der Waals surface area contributed by atoms with Gasteiger partial charge in [0.25, 0.3) is 0 Å². The van der Waals surface area contributed by atoms with Crippen LogP contribution in [0.2, 0.25) is 6.82 Å². The maximum absolute atomic E-state index is 13.0. The first-order valence-electron chi connectivity index (χ1n) is 3.49. The standard InChI is InChI=1S/C7H8BBrFNO/c1-8(12)11-7-3-2-5(9)4-6(7)10/h2-4,11-12H,1H3. The molecule has 0 saturated heterocycles. The van der Waals surface area contributed by atoms with E-state index in [0.717, 1.165) is 0 Å². The van der Waals surface area contributed by atoms with Crippen molar-refractivity contribution in [3.05, 3.63) is 28.5 Å². The lowest BCUT2D eigenvalue weighted by atomic mass is 9.88. The molecule has 0 atom stereocenters. The SMILES string of the molecule is CB(O)Nc1ccc(Br)cc1F. The van der Waals surface area contributed by atoms with Gasteiger partial charge < -0.3 is 10.3 Å². The Morgan fingerprint density at radius 1 is 1.58 bits per heavy atom. The average Bonchev–Trinajstić information content (AvgIpc) is 1.94. The Labute approximate surface area is 79.1 Å². The minimum absolute atomic E-state index is 0.299. The third-order valence-corrected chi connectivity index (χ3v) is 1.79. The molecule has 0 aromatic heterocycles. The predicted molar refractivity (Wildman–Crippen MR) is 51.6 cm³/mol. The fraction of sp³-hybridized carbons (Fsp3) is 0.143. The van der Waals surface area contributed by atoms with Gasteiger partial charge in [0, 0.05) is 4.47 Å². The maximum Gasteiger partial charge on any atom is 0.406 e. The minimum atomic E-state index is -0.749. The Morgan fingerprint density at radius 2 is 2.25 bits per heavy atom. The number of hydrogen-bond acceptors (Lipinski definition) is 2. The van der Waals surface area contributed by atoms with Gasteiger partial charge in [-0.05, 0) is 25.0 Å². The zero-order valence-electron chi connectivity index (χ0n) is 6.51. The molecule has 0 fully saturated rings. The lowest BCUT2D eigenvalue weighted by molar-refractivity contribution is 0.584. The summed E-state index contributed by atoms with van der Waals surface area (Å²) in [4.78, 5) is 0. The Kier molecular flexibility index (Phi) is 3.11. The molecule has 5 heteroatoms. The molecule has 0 saturated carbocycles. The van der Waals surface area contributed by atoms with E-state index < -0.39 is 7.05 Å². The Morgan fingerprint density at radius 3 is 2.75 bits per heavy atom. The van der Waals surface area contributed by atoms with Crippen LogP contribution in [0.3, 0.4) is 0 Å². The van der Waals surface area contributed by atoms with Gasteiger partial charge in [-0.3, -0.25) is 0 Å². The fourth-order valence-corrected chi connectivity index (χ4v) is 1.16. The second kappa shape index (κ2) is 3.91. The molecule has 1 rings (SSSR count). The highest BCUT2D eigenvalue weighted by Crippen LogP contribution is 2.19. The summed E-state index contributed by atoms with van der Waals surface area (Å²) in [5.41, 5.74) is 0.299. The molecule has 0 heterocycles. The van der Waals surface area contributed by atoms with Crippen LogP contribution in [-0.2, 0) is 0 Å². The summed E-state index contributed by atoms with van der Waals surface area (Å²) in [5, 5.41) is 11.5. The van der Waals surface area contributed by atoms with Crippen LogP contribution in [0.1, 0.15) is 0 Å². The summed E-state index contributed by atoms with van der Waals surface area (Å²) in [6.07, 6.45) is 0. The van der Waals surface area contributed by atoms with E-state index in [0.29, 0.717) is 10.2 Å². The van der Waals surface area contributed by atoms with Gasteiger partial charge in [0.15, 0.2) is 0 Å². The number of rotatable bonds is 2. The molecule has 2 N–H and O–H groups in total. The fourth-order valence-electron chi connectivity index (χ4n) is 0.832. The molecule has 0 aliphatic carbocycles. The van der Waals surface area contributed by atoms with Crippen molar-refractivity contribution in [1.29, 1.82) is 0 Å². The van der Waals surface area contributed by atoms with Crippen molar-refractivity contribution in [3.63, 3.8) is 0 Å². The quantitative estimate of drug-likeness (QED) is 0.765. The molecule has 0 amide bonds. The molecule has 0 spiro atoms. The van der Waals surface area contributed by atoms with Gasteiger partial charge in [-0.2, -0.15) is 0 Å². The van der Waals surface area contributed by atoms with E-state index in [2.05, 4.69) is 21.2 Å².